The van der Waals surface area contributed by atoms with E-state index in [0.717, 1.165) is 30.9 Å². The third-order valence-corrected chi connectivity index (χ3v) is 5.21. The van der Waals surface area contributed by atoms with E-state index in [1.165, 1.54) is 25.9 Å². The molecule has 3 rings (SSSR count). The van der Waals surface area contributed by atoms with Gasteiger partial charge in [-0.1, -0.05) is 30.3 Å². The average Bonchev–Trinajstić information content (AvgIpc) is 2.57. The Morgan fingerprint density at radius 3 is 2.58 bits per heavy atom. The summed E-state index contributed by atoms with van der Waals surface area (Å²) in [6.45, 7) is 3.88. The minimum Gasteiger partial charge on any atom is -0.445 e. The summed E-state index contributed by atoms with van der Waals surface area (Å²) in [6.07, 6.45) is 4.30. The van der Waals surface area contributed by atoms with E-state index in [1.807, 2.05) is 30.3 Å². The molecule has 1 aliphatic carbocycles. The van der Waals surface area contributed by atoms with Crippen molar-refractivity contribution in [3.05, 3.63) is 35.9 Å². The predicted molar refractivity (Wildman–Crippen MR) is 94.8 cm³/mol. The van der Waals surface area contributed by atoms with Crippen LogP contribution in [0.1, 0.15) is 31.2 Å². The van der Waals surface area contributed by atoms with Gasteiger partial charge < -0.3 is 20.3 Å². The largest absolute Gasteiger partial charge is 0.445 e. The molecule has 1 heterocycles. The van der Waals surface area contributed by atoms with Crippen molar-refractivity contribution in [3.8, 4) is 0 Å². The number of alkyl carbamates (subject to hydrolysis) is 1. The van der Waals surface area contributed by atoms with Crippen LogP contribution in [0.3, 0.4) is 0 Å². The number of benzene rings is 1. The van der Waals surface area contributed by atoms with Gasteiger partial charge in [0, 0.05) is 12.1 Å². The molecular formula is C19H29N3O2. The molecule has 1 saturated carbocycles. The molecule has 5 nitrogen and oxygen atoms in total. The van der Waals surface area contributed by atoms with Crippen LogP contribution in [0.15, 0.2) is 30.3 Å². The summed E-state index contributed by atoms with van der Waals surface area (Å²) < 4.78 is 5.26. The SMILES string of the molecule is CN1CCC(CNC2CC(NC(=O)OCc3ccccc3)C2)CC1. The molecule has 1 amide bonds. The second-order valence-corrected chi connectivity index (χ2v) is 7.23. The maximum Gasteiger partial charge on any atom is 0.407 e. The van der Waals surface area contributed by atoms with Crippen LogP contribution in [0.4, 0.5) is 4.79 Å². The van der Waals surface area contributed by atoms with Crippen LogP contribution in [-0.2, 0) is 11.3 Å². The van der Waals surface area contributed by atoms with Gasteiger partial charge in [-0.15, -0.1) is 0 Å². The molecule has 24 heavy (non-hydrogen) atoms. The normalized spacial score (nSPS) is 25.0. The van der Waals surface area contributed by atoms with Gasteiger partial charge in [-0.25, -0.2) is 4.79 Å². The fourth-order valence-corrected chi connectivity index (χ4v) is 3.43. The quantitative estimate of drug-likeness (QED) is 0.840. The third kappa shape index (κ3) is 5.21. The smallest absolute Gasteiger partial charge is 0.407 e. The number of carbonyl (C=O) groups excluding carboxylic acids is 1. The lowest BCUT2D eigenvalue weighted by molar-refractivity contribution is 0.124. The highest BCUT2D eigenvalue weighted by molar-refractivity contribution is 5.67. The van der Waals surface area contributed by atoms with Gasteiger partial charge in [0.05, 0.1) is 0 Å². The van der Waals surface area contributed by atoms with Gasteiger partial charge in [-0.05, 0) is 63.8 Å². The summed E-state index contributed by atoms with van der Waals surface area (Å²) in [5.41, 5.74) is 1.01. The fraction of sp³-hybridized carbons (Fsp3) is 0.632. The fourth-order valence-electron chi connectivity index (χ4n) is 3.43. The van der Waals surface area contributed by atoms with Crippen molar-refractivity contribution in [1.29, 1.82) is 0 Å². The standard InChI is InChI=1S/C19H29N3O2/c1-22-9-7-15(8-10-22)13-20-17-11-18(12-17)21-19(23)24-14-16-5-3-2-4-6-16/h2-6,15,17-18,20H,7-14H2,1H3,(H,21,23). The molecule has 2 aliphatic rings. The molecule has 0 bridgehead atoms. The highest BCUT2D eigenvalue weighted by atomic mass is 16.5. The molecule has 5 heteroatoms. The number of nitrogens with zero attached hydrogens (tertiary/aromatic N) is 1. The van der Waals surface area contributed by atoms with Crippen molar-refractivity contribution in [1.82, 2.24) is 15.5 Å². The van der Waals surface area contributed by atoms with Crippen LogP contribution in [0.5, 0.6) is 0 Å². The zero-order chi connectivity index (χ0) is 16.8. The molecule has 0 radical (unpaired) electrons. The van der Waals surface area contributed by atoms with Crippen molar-refractivity contribution in [2.24, 2.45) is 5.92 Å². The number of ether oxygens (including phenoxy) is 1. The van der Waals surface area contributed by atoms with E-state index in [0.29, 0.717) is 12.6 Å². The minimum atomic E-state index is -0.308. The van der Waals surface area contributed by atoms with Crippen LogP contribution in [-0.4, -0.2) is 49.8 Å². The Hall–Kier alpha value is -1.59. The number of rotatable bonds is 6. The van der Waals surface area contributed by atoms with Gasteiger partial charge in [0.2, 0.25) is 0 Å². The van der Waals surface area contributed by atoms with Gasteiger partial charge in [0.15, 0.2) is 0 Å². The first-order chi connectivity index (χ1) is 11.7. The number of likely N-dealkylation sites (tertiary alicyclic amines) is 1. The molecule has 1 aliphatic heterocycles. The van der Waals surface area contributed by atoms with E-state index in [-0.39, 0.29) is 12.1 Å². The van der Waals surface area contributed by atoms with E-state index in [9.17, 15) is 4.79 Å². The molecule has 0 atom stereocenters. The topological polar surface area (TPSA) is 53.6 Å². The first kappa shape index (κ1) is 17.2. The van der Waals surface area contributed by atoms with Crippen LogP contribution in [0.2, 0.25) is 0 Å². The summed E-state index contributed by atoms with van der Waals surface area (Å²) in [4.78, 5) is 14.2. The monoisotopic (exact) mass is 331 g/mol. The molecule has 2 fully saturated rings. The van der Waals surface area contributed by atoms with Crippen LogP contribution in [0, 0.1) is 5.92 Å². The lowest BCUT2D eigenvalue weighted by atomic mass is 9.86. The first-order valence-electron chi connectivity index (χ1n) is 9.08. The van der Waals surface area contributed by atoms with E-state index in [2.05, 4.69) is 22.6 Å². The second kappa shape index (κ2) is 8.49. The lowest BCUT2D eigenvalue weighted by Gasteiger charge is -2.38. The summed E-state index contributed by atoms with van der Waals surface area (Å²) in [5.74, 6) is 0.809. The van der Waals surface area contributed by atoms with Crippen molar-refractivity contribution < 1.29 is 9.53 Å². The van der Waals surface area contributed by atoms with Crippen molar-refractivity contribution in [2.75, 3.05) is 26.7 Å². The Bertz CT molecular complexity index is 509. The van der Waals surface area contributed by atoms with E-state index in [4.69, 9.17) is 4.74 Å². The highest BCUT2D eigenvalue weighted by Crippen LogP contribution is 2.22. The number of nitrogens with one attached hydrogen (secondary N) is 2. The molecule has 1 aromatic carbocycles. The van der Waals surface area contributed by atoms with Gasteiger partial charge in [-0.3, -0.25) is 0 Å². The van der Waals surface area contributed by atoms with E-state index < -0.39 is 0 Å². The van der Waals surface area contributed by atoms with Crippen molar-refractivity contribution in [2.45, 2.75) is 44.4 Å². The highest BCUT2D eigenvalue weighted by Gasteiger charge is 2.31. The maximum absolute atomic E-state index is 11.8. The van der Waals surface area contributed by atoms with Crippen LogP contribution in [0.25, 0.3) is 0 Å². The number of hydrogen-bond donors (Lipinski definition) is 2. The molecular weight excluding hydrogens is 302 g/mol. The molecule has 0 aromatic heterocycles. The zero-order valence-electron chi connectivity index (χ0n) is 14.5. The average molecular weight is 331 g/mol. The number of amides is 1. The Morgan fingerprint density at radius 1 is 1.17 bits per heavy atom. The molecule has 2 N–H and O–H groups in total. The summed E-state index contributed by atoms with van der Waals surface area (Å²) >= 11 is 0. The van der Waals surface area contributed by atoms with Crippen LogP contribution < -0.4 is 10.6 Å². The second-order valence-electron chi connectivity index (χ2n) is 7.23. The summed E-state index contributed by atoms with van der Waals surface area (Å²) in [7, 11) is 2.20. The molecule has 132 valence electrons. The van der Waals surface area contributed by atoms with Gasteiger partial charge >= 0.3 is 6.09 Å². The molecule has 0 unspecified atom stereocenters. The Labute approximate surface area is 144 Å². The van der Waals surface area contributed by atoms with E-state index >= 15 is 0 Å². The van der Waals surface area contributed by atoms with E-state index in [1.54, 1.807) is 0 Å². The third-order valence-electron chi connectivity index (χ3n) is 5.21. The van der Waals surface area contributed by atoms with Crippen LogP contribution >= 0.6 is 0 Å². The lowest BCUT2D eigenvalue weighted by Crippen LogP contribution is -2.53. The summed E-state index contributed by atoms with van der Waals surface area (Å²) in [5, 5.41) is 6.61. The molecule has 0 spiro atoms. The van der Waals surface area contributed by atoms with Crippen molar-refractivity contribution >= 4 is 6.09 Å². The first-order valence-corrected chi connectivity index (χ1v) is 9.08. The molecule has 1 saturated heterocycles. The Kier molecular flexibility index (Phi) is 6.10. The minimum absolute atomic E-state index is 0.253. The predicted octanol–water partition coefficient (Wildman–Crippen LogP) is 2.38. The number of piperidine rings is 1. The summed E-state index contributed by atoms with van der Waals surface area (Å²) in [6, 6.07) is 10.6. The van der Waals surface area contributed by atoms with Crippen molar-refractivity contribution in [3.63, 3.8) is 0 Å². The Balaban J connectivity index is 1.25. The number of carbonyl (C=O) groups is 1. The maximum atomic E-state index is 11.8. The number of hydrogen-bond acceptors (Lipinski definition) is 4. The van der Waals surface area contributed by atoms with Gasteiger partial charge in [0.25, 0.3) is 0 Å². The zero-order valence-corrected chi connectivity index (χ0v) is 14.5. The molecule has 1 aromatic rings. The Morgan fingerprint density at radius 2 is 1.88 bits per heavy atom. The van der Waals surface area contributed by atoms with Gasteiger partial charge in [-0.2, -0.15) is 0 Å². The van der Waals surface area contributed by atoms with Gasteiger partial charge in [0.1, 0.15) is 6.61 Å².